The molecule has 0 unspecified atom stereocenters. The number of hydrogen-bond acceptors (Lipinski definition) is 4. The minimum absolute atomic E-state index is 0.365. The zero-order valence-electron chi connectivity index (χ0n) is 12.2. The lowest BCUT2D eigenvalue weighted by atomic mass is 10.2. The van der Waals surface area contributed by atoms with Crippen molar-refractivity contribution >= 4 is 23.3 Å². The fourth-order valence-electron chi connectivity index (χ4n) is 1.52. The van der Waals surface area contributed by atoms with Gasteiger partial charge in [-0.15, -0.1) is 11.3 Å². The molecule has 112 valence electrons. The number of aromatic nitrogens is 1. The van der Waals surface area contributed by atoms with E-state index in [9.17, 15) is 9.59 Å². The van der Waals surface area contributed by atoms with E-state index in [0.29, 0.717) is 19.0 Å². The molecule has 7 heteroatoms. The molecule has 0 aromatic carbocycles. The highest BCUT2D eigenvalue weighted by Gasteiger charge is 2.19. The molecule has 1 aromatic heterocycles. The van der Waals surface area contributed by atoms with E-state index < -0.39 is 12.0 Å². The average Bonchev–Trinajstić information content (AvgIpc) is 2.84. The second-order valence-electron chi connectivity index (χ2n) is 4.86. The summed E-state index contributed by atoms with van der Waals surface area (Å²) in [6.45, 7) is 8.31. The van der Waals surface area contributed by atoms with E-state index in [1.165, 1.54) is 6.92 Å². The first-order valence-corrected chi connectivity index (χ1v) is 7.45. The van der Waals surface area contributed by atoms with Crippen molar-refractivity contribution in [2.24, 2.45) is 0 Å². The van der Waals surface area contributed by atoms with E-state index >= 15 is 0 Å². The van der Waals surface area contributed by atoms with Crippen molar-refractivity contribution in [1.29, 1.82) is 0 Å². The molecular weight excluding hydrogens is 278 g/mol. The van der Waals surface area contributed by atoms with Gasteiger partial charge in [0, 0.05) is 17.8 Å². The molecule has 1 heterocycles. The maximum atomic E-state index is 12.0. The lowest BCUT2D eigenvalue weighted by molar-refractivity contribution is -0.138. The van der Waals surface area contributed by atoms with Gasteiger partial charge < -0.3 is 15.3 Å². The number of nitrogens with zero attached hydrogens (tertiary/aromatic N) is 2. The molecule has 0 aliphatic rings. The number of hydrogen-bond donors (Lipinski definition) is 2. The average molecular weight is 299 g/mol. The number of carboxylic acids is 1. The van der Waals surface area contributed by atoms with Crippen molar-refractivity contribution in [3.63, 3.8) is 0 Å². The molecule has 0 spiro atoms. The van der Waals surface area contributed by atoms with E-state index in [-0.39, 0.29) is 6.03 Å². The first-order chi connectivity index (χ1) is 9.35. The van der Waals surface area contributed by atoms with Gasteiger partial charge in [0.1, 0.15) is 6.04 Å². The van der Waals surface area contributed by atoms with Crippen LogP contribution in [0.5, 0.6) is 0 Å². The van der Waals surface area contributed by atoms with Crippen LogP contribution in [0.15, 0.2) is 5.38 Å². The topological polar surface area (TPSA) is 82.5 Å². The summed E-state index contributed by atoms with van der Waals surface area (Å²) in [6, 6.07) is -1.29. The summed E-state index contributed by atoms with van der Waals surface area (Å²) in [5.74, 6) is -0.685. The zero-order chi connectivity index (χ0) is 15.3. The number of aliphatic carboxylic acids is 1. The van der Waals surface area contributed by atoms with Crippen LogP contribution in [0.4, 0.5) is 4.79 Å². The summed E-state index contributed by atoms with van der Waals surface area (Å²) in [5.41, 5.74) is 0.832. The second-order valence-corrected chi connectivity index (χ2v) is 5.75. The van der Waals surface area contributed by atoms with Crippen LogP contribution in [-0.2, 0) is 11.3 Å². The Morgan fingerprint density at radius 2 is 2.10 bits per heavy atom. The third-order valence-corrected chi connectivity index (χ3v) is 3.99. The van der Waals surface area contributed by atoms with Gasteiger partial charge in [0.2, 0.25) is 0 Å². The molecule has 0 bridgehead atoms. The normalized spacial score (nSPS) is 12.2. The van der Waals surface area contributed by atoms with E-state index in [1.54, 1.807) is 16.2 Å². The number of urea groups is 1. The molecule has 0 saturated carbocycles. The molecule has 1 aromatic rings. The minimum Gasteiger partial charge on any atom is -0.480 e. The fourth-order valence-corrected chi connectivity index (χ4v) is 2.35. The van der Waals surface area contributed by atoms with Gasteiger partial charge in [0.25, 0.3) is 0 Å². The van der Waals surface area contributed by atoms with Crippen molar-refractivity contribution in [3.8, 4) is 0 Å². The van der Waals surface area contributed by atoms with Crippen molar-refractivity contribution in [2.75, 3.05) is 6.54 Å². The number of carbonyl (C=O) groups is 2. The monoisotopic (exact) mass is 299 g/mol. The molecule has 0 aliphatic heterocycles. The van der Waals surface area contributed by atoms with Gasteiger partial charge in [-0.05, 0) is 13.8 Å². The largest absolute Gasteiger partial charge is 0.480 e. The fraction of sp³-hybridized carbons (Fsp3) is 0.615. The molecule has 0 fully saturated rings. The Kier molecular flexibility index (Phi) is 5.94. The van der Waals surface area contributed by atoms with Crippen LogP contribution in [0.3, 0.4) is 0 Å². The van der Waals surface area contributed by atoms with Gasteiger partial charge in [-0.2, -0.15) is 0 Å². The quantitative estimate of drug-likeness (QED) is 0.844. The van der Waals surface area contributed by atoms with Gasteiger partial charge in [-0.3, -0.25) is 4.79 Å². The van der Waals surface area contributed by atoms with Crippen LogP contribution in [0, 0.1) is 0 Å². The molecule has 20 heavy (non-hydrogen) atoms. The third kappa shape index (κ3) is 4.48. The number of nitrogens with one attached hydrogen (secondary N) is 1. The lowest BCUT2D eigenvalue weighted by Gasteiger charge is -2.21. The number of carbonyl (C=O) groups excluding carboxylic acids is 1. The number of rotatable bonds is 6. The Balaban J connectivity index is 2.66. The summed E-state index contributed by atoms with van der Waals surface area (Å²) < 4.78 is 0. The van der Waals surface area contributed by atoms with E-state index in [0.717, 1.165) is 10.7 Å². The molecule has 1 atom stereocenters. The van der Waals surface area contributed by atoms with Crippen LogP contribution in [-0.4, -0.2) is 39.6 Å². The summed E-state index contributed by atoms with van der Waals surface area (Å²) >= 11 is 1.58. The minimum atomic E-state index is -1.05. The molecule has 0 aliphatic carbocycles. The number of thiazole rings is 1. The van der Waals surface area contributed by atoms with Gasteiger partial charge >= 0.3 is 12.0 Å². The first-order valence-electron chi connectivity index (χ1n) is 6.57. The zero-order valence-corrected chi connectivity index (χ0v) is 13.0. The molecular formula is C13H21N3O3S. The predicted octanol–water partition coefficient (Wildman–Crippen LogP) is 2.27. The maximum Gasteiger partial charge on any atom is 0.325 e. The number of amides is 2. The highest BCUT2D eigenvalue weighted by Crippen LogP contribution is 2.20. The van der Waals surface area contributed by atoms with Crippen molar-refractivity contribution < 1.29 is 14.7 Å². The van der Waals surface area contributed by atoms with Crippen LogP contribution < -0.4 is 5.32 Å². The second kappa shape index (κ2) is 7.23. The van der Waals surface area contributed by atoms with Crippen molar-refractivity contribution in [1.82, 2.24) is 15.2 Å². The summed E-state index contributed by atoms with van der Waals surface area (Å²) in [6.07, 6.45) is 0. The van der Waals surface area contributed by atoms with Gasteiger partial charge in [-0.1, -0.05) is 13.8 Å². The Hall–Kier alpha value is -1.63. The van der Waals surface area contributed by atoms with E-state index in [4.69, 9.17) is 5.11 Å². The van der Waals surface area contributed by atoms with Crippen LogP contribution >= 0.6 is 11.3 Å². The van der Waals surface area contributed by atoms with E-state index in [2.05, 4.69) is 24.1 Å². The lowest BCUT2D eigenvalue weighted by Crippen LogP contribution is -2.46. The molecule has 1 rings (SSSR count). The molecule has 2 amide bonds. The Morgan fingerprint density at radius 3 is 2.55 bits per heavy atom. The van der Waals surface area contributed by atoms with Crippen LogP contribution in [0.25, 0.3) is 0 Å². The molecule has 6 nitrogen and oxygen atoms in total. The maximum absolute atomic E-state index is 12.0. The van der Waals surface area contributed by atoms with Gasteiger partial charge in [0.15, 0.2) is 0 Å². The highest BCUT2D eigenvalue weighted by molar-refractivity contribution is 7.09. The Bertz CT molecular complexity index is 473. The number of carboxylic acid groups (broad SMARTS) is 1. The summed E-state index contributed by atoms with van der Waals surface area (Å²) in [7, 11) is 0. The van der Waals surface area contributed by atoms with Gasteiger partial charge in [-0.25, -0.2) is 9.78 Å². The first kappa shape index (κ1) is 16.4. The SMILES string of the molecule is CCN(Cc1csc(C(C)C)n1)C(=O)N[C@@H](C)C(=O)O. The third-order valence-electron chi connectivity index (χ3n) is 2.80. The predicted molar refractivity (Wildman–Crippen MR) is 77.9 cm³/mol. The Morgan fingerprint density at radius 1 is 1.45 bits per heavy atom. The highest BCUT2D eigenvalue weighted by atomic mass is 32.1. The smallest absolute Gasteiger partial charge is 0.325 e. The Labute approximate surface area is 122 Å². The molecule has 2 N–H and O–H groups in total. The van der Waals surface area contributed by atoms with Crippen molar-refractivity contribution in [2.45, 2.75) is 46.2 Å². The summed E-state index contributed by atoms with van der Waals surface area (Å²) in [4.78, 5) is 28.7. The van der Waals surface area contributed by atoms with Crippen molar-refractivity contribution in [3.05, 3.63) is 16.1 Å². The van der Waals surface area contributed by atoms with E-state index in [1.807, 2.05) is 12.3 Å². The molecule has 0 saturated heterocycles. The summed E-state index contributed by atoms with van der Waals surface area (Å²) in [5, 5.41) is 14.2. The van der Waals surface area contributed by atoms with Crippen LogP contribution in [0.1, 0.15) is 44.3 Å². The van der Waals surface area contributed by atoms with Crippen LogP contribution in [0.2, 0.25) is 0 Å². The molecule has 0 radical (unpaired) electrons. The standard InChI is InChI=1S/C13H21N3O3S/c1-5-16(13(19)14-9(4)12(17)18)6-10-7-20-11(15-10)8(2)3/h7-9H,5-6H2,1-4H3,(H,14,19)(H,17,18)/t9-/m0/s1. The van der Waals surface area contributed by atoms with Gasteiger partial charge in [0.05, 0.1) is 17.2 Å².